The van der Waals surface area contributed by atoms with E-state index in [1.807, 2.05) is 18.2 Å². The molecule has 0 aromatic heterocycles. The highest BCUT2D eigenvalue weighted by molar-refractivity contribution is 6.30. The Labute approximate surface area is 96.8 Å². The van der Waals surface area contributed by atoms with E-state index in [0.29, 0.717) is 5.92 Å². The quantitative estimate of drug-likeness (QED) is 0.810. The summed E-state index contributed by atoms with van der Waals surface area (Å²) in [5.41, 5.74) is 7.97. The van der Waals surface area contributed by atoms with Crippen LogP contribution in [-0.2, 0) is 0 Å². The molecule has 3 N–H and O–H groups in total. The lowest BCUT2D eigenvalue weighted by molar-refractivity contribution is 0.548. The summed E-state index contributed by atoms with van der Waals surface area (Å²) >= 11 is 5.89. The van der Waals surface area contributed by atoms with Gasteiger partial charge in [-0.3, -0.25) is 0 Å². The maximum Gasteiger partial charge on any atom is 0.0410 e. The second-order valence-electron chi connectivity index (χ2n) is 3.85. The van der Waals surface area contributed by atoms with Crippen LogP contribution in [0.4, 0.5) is 5.69 Å². The fourth-order valence-electron chi connectivity index (χ4n) is 1.47. The van der Waals surface area contributed by atoms with Crippen molar-refractivity contribution in [2.75, 3.05) is 18.4 Å². The molecule has 1 rings (SSSR count). The Hall–Kier alpha value is -0.730. The van der Waals surface area contributed by atoms with Crippen LogP contribution in [0.25, 0.3) is 0 Å². The Kier molecular flexibility index (Phi) is 4.92. The fourth-order valence-corrected chi connectivity index (χ4v) is 1.70. The minimum Gasteiger partial charge on any atom is -0.385 e. The lowest BCUT2D eigenvalue weighted by Crippen LogP contribution is -2.22. The molecule has 0 aliphatic carbocycles. The molecule has 0 saturated heterocycles. The van der Waals surface area contributed by atoms with Crippen LogP contribution >= 0.6 is 11.6 Å². The third kappa shape index (κ3) is 3.73. The summed E-state index contributed by atoms with van der Waals surface area (Å²) in [7, 11) is 0. The van der Waals surface area contributed by atoms with E-state index < -0.39 is 0 Å². The van der Waals surface area contributed by atoms with Crippen LogP contribution in [0.3, 0.4) is 0 Å². The van der Waals surface area contributed by atoms with Gasteiger partial charge in [-0.05, 0) is 43.1 Å². The van der Waals surface area contributed by atoms with Crippen LogP contribution in [0.5, 0.6) is 0 Å². The smallest absolute Gasteiger partial charge is 0.0410 e. The van der Waals surface area contributed by atoms with Crippen LogP contribution in [0, 0.1) is 12.8 Å². The number of hydrogen-bond acceptors (Lipinski definition) is 2. The van der Waals surface area contributed by atoms with Crippen LogP contribution in [-0.4, -0.2) is 13.1 Å². The standard InChI is InChI=1S/C12H19ClN2/c1-3-10(7-14)8-15-12-5-4-11(13)6-9(12)2/h4-6,10,15H,3,7-8,14H2,1-2H3. The minimum absolute atomic E-state index is 0.542. The van der Waals surface area contributed by atoms with E-state index in [4.69, 9.17) is 17.3 Å². The molecule has 0 amide bonds. The average Bonchev–Trinajstić information content (AvgIpc) is 2.22. The van der Waals surface area contributed by atoms with E-state index in [-0.39, 0.29) is 0 Å². The second kappa shape index (κ2) is 5.99. The highest BCUT2D eigenvalue weighted by Crippen LogP contribution is 2.19. The van der Waals surface area contributed by atoms with Crippen molar-refractivity contribution in [3.63, 3.8) is 0 Å². The van der Waals surface area contributed by atoms with Crippen LogP contribution < -0.4 is 11.1 Å². The van der Waals surface area contributed by atoms with Gasteiger partial charge in [0.2, 0.25) is 0 Å². The Balaban J connectivity index is 2.57. The normalized spacial score (nSPS) is 12.5. The van der Waals surface area contributed by atoms with Gasteiger partial charge in [-0.25, -0.2) is 0 Å². The van der Waals surface area contributed by atoms with Gasteiger partial charge in [0.1, 0.15) is 0 Å². The van der Waals surface area contributed by atoms with E-state index in [0.717, 1.165) is 30.2 Å². The first-order valence-corrected chi connectivity index (χ1v) is 5.75. The second-order valence-corrected chi connectivity index (χ2v) is 4.29. The lowest BCUT2D eigenvalue weighted by atomic mass is 10.1. The summed E-state index contributed by atoms with van der Waals surface area (Å²) in [5, 5.41) is 4.18. The number of nitrogens with two attached hydrogens (primary N) is 1. The molecule has 0 spiro atoms. The summed E-state index contributed by atoms with van der Waals surface area (Å²) in [6, 6.07) is 5.88. The highest BCUT2D eigenvalue weighted by Gasteiger charge is 2.04. The number of benzene rings is 1. The highest BCUT2D eigenvalue weighted by atomic mass is 35.5. The molecule has 3 heteroatoms. The maximum absolute atomic E-state index is 5.89. The largest absolute Gasteiger partial charge is 0.385 e. The number of rotatable bonds is 5. The fraction of sp³-hybridized carbons (Fsp3) is 0.500. The van der Waals surface area contributed by atoms with Gasteiger partial charge in [0.05, 0.1) is 0 Å². The summed E-state index contributed by atoms with van der Waals surface area (Å²) in [6.07, 6.45) is 1.11. The predicted octanol–water partition coefficient (Wildman–Crippen LogP) is 3.05. The SMILES string of the molecule is CCC(CN)CNc1ccc(Cl)cc1C. The zero-order chi connectivity index (χ0) is 11.3. The van der Waals surface area contributed by atoms with Crippen molar-refractivity contribution >= 4 is 17.3 Å². The number of aryl methyl sites for hydroxylation is 1. The molecule has 0 heterocycles. The molecule has 1 unspecified atom stereocenters. The van der Waals surface area contributed by atoms with Crippen molar-refractivity contribution in [3.8, 4) is 0 Å². The first-order chi connectivity index (χ1) is 7.17. The van der Waals surface area contributed by atoms with Gasteiger partial charge in [-0.15, -0.1) is 0 Å². The van der Waals surface area contributed by atoms with Gasteiger partial charge in [0.25, 0.3) is 0 Å². The Morgan fingerprint density at radius 2 is 2.20 bits per heavy atom. The van der Waals surface area contributed by atoms with Gasteiger partial charge >= 0.3 is 0 Å². The first-order valence-electron chi connectivity index (χ1n) is 5.37. The third-order valence-electron chi connectivity index (χ3n) is 2.68. The topological polar surface area (TPSA) is 38.0 Å². The van der Waals surface area contributed by atoms with Gasteiger partial charge in [-0.1, -0.05) is 24.9 Å². The van der Waals surface area contributed by atoms with E-state index in [2.05, 4.69) is 19.2 Å². The first kappa shape index (κ1) is 12.3. The van der Waals surface area contributed by atoms with Crippen LogP contribution in [0.15, 0.2) is 18.2 Å². The van der Waals surface area contributed by atoms with Gasteiger partial charge < -0.3 is 11.1 Å². The number of halogens is 1. The van der Waals surface area contributed by atoms with E-state index in [1.165, 1.54) is 5.56 Å². The monoisotopic (exact) mass is 226 g/mol. The predicted molar refractivity (Wildman–Crippen MR) is 67.5 cm³/mol. The molecule has 0 saturated carbocycles. The molecule has 1 atom stereocenters. The molecule has 0 aliphatic rings. The maximum atomic E-state index is 5.89. The van der Waals surface area contributed by atoms with Gasteiger partial charge in [-0.2, -0.15) is 0 Å². The number of anilines is 1. The molecule has 1 aromatic carbocycles. The van der Waals surface area contributed by atoms with Crippen molar-refractivity contribution in [2.24, 2.45) is 11.7 Å². The van der Waals surface area contributed by atoms with Crippen molar-refractivity contribution in [2.45, 2.75) is 20.3 Å². The Morgan fingerprint density at radius 1 is 1.47 bits per heavy atom. The lowest BCUT2D eigenvalue weighted by Gasteiger charge is -2.15. The van der Waals surface area contributed by atoms with E-state index >= 15 is 0 Å². The van der Waals surface area contributed by atoms with Gasteiger partial charge in [0, 0.05) is 17.3 Å². The summed E-state index contributed by atoms with van der Waals surface area (Å²) < 4.78 is 0. The van der Waals surface area contributed by atoms with Crippen LogP contribution in [0.2, 0.25) is 5.02 Å². The zero-order valence-corrected chi connectivity index (χ0v) is 10.1. The van der Waals surface area contributed by atoms with Gasteiger partial charge in [0.15, 0.2) is 0 Å². The summed E-state index contributed by atoms with van der Waals surface area (Å²) in [6.45, 7) is 5.87. The molecule has 1 aromatic rings. The summed E-state index contributed by atoms with van der Waals surface area (Å²) in [5.74, 6) is 0.542. The van der Waals surface area contributed by atoms with E-state index in [1.54, 1.807) is 0 Å². The molecule has 0 radical (unpaired) electrons. The number of hydrogen-bond donors (Lipinski definition) is 2. The summed E-state index contributed by atoms with van der Waals surface area (Å²) in [4.78, 5) is 0. The number of nitrogens with one attached hydrogen (secondary N) is 1. The molecule has 2 nitrogen and oxygen atoms in total. The molecular formula is C12H19ClN2. The van der Waals surface area contributed by atoms with Crippen molar-refractivity contribution < 1.29 is 0 Å². The third-order valence-corrected chi connectivity index (χ3v) is 2.92. The molecule has 15 heavy (non-hydrogen) atoms. The van der Waals surface area contributed by atoms with Crippen LogP contribution in [0.1, 0.15) is 18.9 Å². The molecular weight excluding hydrogens is 208 g/mol. The average molecular weight is 227 g/mol. The van der Waals surface area contributed by atoms with Crippen molar-refractivity contribution in [1.82, 2.24) is 0 Å². The Bertz CT molecular complexity index is 308. The minimum atomic E-state index is 0.542. The molecule has 0 aliphatic heterocycles. The molecule has 0 fully saturated rings. The van der Waals surface area contributed by atoms with Crippen molar-refractivity contribution in [1.29, 1.82) is 0 Å². The molecule has 0 bridgehead atoms. The van der Waals surface area contributed by atoms with Crippen molar-refractivity contribution in [3.05, 3.63) is 28.8 Å². The van der Waals surface area contributed by atoms with E-state index in [9.17, 15) is 0 Å². The Morgan fingerprint density at radius 3 is 2.73 bits per heavy atom. The molecule has 84 valence electrons. The zero-order valence-electron chi connectivity index (χ0n) is 9.39.